The molecule has 0 bridgehead atoms. The maximum Gasteiger partial charge on any atom is 0.336 e. The minimum Gasteiger partial charge on any atom is -0.497 e. The number of aliphatic imine (C=N–C) groups is 1. The predicted octanol–water partition coefficient (Wildman–Crippen LogP) is 5.42. The first-order chi connectivity index (χ1) is 15.9. The zero-order chi connectivity index (χ0) is 23.8. The van der Waals surface area contributed by atoms with Gasteiger partial charge < -0.3 is 19.3 Å². The van der Waals surface area contributed by atoms with Crippen molar-refractivity contribution in [3.63, 3.8) is 0 Å². The lowest BCUT2D eigenvalue weighted by Gasteiger charge is -2.11. The molecule has 0 fully saturated rings. The van der Waals surface area contributed by atoms with Crippen LogP contribution < -0.4 is 14.2 Å². The van der Waals surface area contributed by atoms with Gasteiger partial charge in [0.15, 0.2) is 11.5 Å². The fourth-order valence-electron chi connectivity index (χ4n) is 2.80. The molecule has 0 radical (unpaired) electrons. The van der Waals surface area contributed by atoms with Crippen LogP contribution in [0.3, 0.4) is 0 Å². The normalized spacial score (nSPS) is 11.0. The van der Waals surface area contributed by atoms with Gasteiger partial charge in [0.25, 0.3) is 0 Å². The Labute approximate surface area is 195 Å². The van der Waals surface area contributed by atoms with Gasteiger partial charge in [-0.1, -0.05) is 23.7 Å². The fraction of sp³-hybridized carbons (Fsp3) is 0.0800. The van der Waals surface area contributed by atoms with Crippen LogP contribution in [0.4, 0.5) is 5.69 Å². The fourth-order valence-corrected chi connectivity index (χ4v) is 3.05. The Bertz CT molecular complexity index is 1220. The van der Waals surface area contributed by atoms with Crippen molar-refractivity contribution in [2.45, 2.75) is 0 Å². The Morgan fingerprint density at radius 3 is 2.39 bits per heavy atom. The first-order valence-electron chi connectivity index (χ1n) is 9.68. The minimum atomic E-state index is -1.01. The zero-order valence-corrected chi connectivity index (χ0v) is 18.6. The van der Waals surface area contributed by atoms with E-state index in [-0.39, 0.29) is 22.1 Å². The summed E-state index contributed by atoms with van der Waals surface area (Å²) in [6.07, 6.45) is 4.42. The molecule has 8 heteroatoms. The standard InChI is InChI=1S/C25H20ClNO6/c1-31-20-5-3-4-16(12-20)6-11-23(28)33-24-21(26)13-17(14-22(24)32-2)15-27-19-9-7-18(8-10-19)25(29)30/h3-15H,1-2H3,(H,29,30)/b11-6+,27-15+. The summed E-state index contributed by atoms with van der Waals surface area (Å²) < 4.78 is 15.9. The molecular formula is C25H20ClNO6. The molecule has 0 amide bonds. The van der Waals surface area contributed by atoms with Crippen LogP contribution in [0.2, 0.25) is 5.02 Å². The lowest BCUT2D eigenvalue weighted by Crippen LogP contribution is -2.06. The first-order valence-corrected chi connectivity index (χ1v) is 10.1. The average Bonchev–Trinajstić information content (AvgIpc) is 2.83. The number of benzene rings is 3. The lowest BCUT2D eigenvalue weighted by atomic mass is 10.2. The van der Waals surface area contributed by atoms with Crippen molar-refractivity contribution in [2.24, 2.45) is 4.99 Å². The van der Waals surface area contributed by atoms with Crippen molar-refractivity contribution < 1.29 is 28.9 Å². The number of aromatic carboxylic acids is 1. The highest BCUT2D eigenvalue weighted by Gasteiger charge is 2.14. The van der Waals surface area contributed by atoms with Gasteiger partial charge in [0.1, 0.15) is 5.75 Å². The van der Waals surface area contributed by atoms with Gasteiger partial charge in [0, 0.05) is 12.3 Å². The van der Waals surface area contributed by atoms with Crippen molar-refractivity contribution in [1.29, 1.82) is 0 Å². The molecule has 7 nitrogen and oxygen atoms in total. The number of methoxy groups -OCH3 is 2. The highest BCUT2D eigenvalue weighted by atomic mass is 35.5. The molecule has 0 heterocycles. The Kier molecular flexibility index (Phi) is 7.83. The molecule has 0 atom stereocenters. The summed E-state index contributed by atoms with van der Waals surface area (Å²) in [5.41, 5.74) is 2.11. The molecule has 0 aliphatic rings. The van der Waals surface area contributed by atoms with E-state index in [0.29, 0.717) is 17.0 Å². The number of rotatable bonds is 8. The molecule has 0 saturated carbocycles. The van der Waals surface area contributed by atoms with Gasteiger partial charge in [0.2, 0.25) is 0 Å². The molecule has 3 aromatic carbocycles. The highest BCUT2D eigenvalue weighted by Crippen LogP contribution is 2.36. The molecule has 0 unspecified atom stereocenters. The van der Waals surface area contributed by atoms with Crippen molar-refractivity contribution in [1.82, 2.24) is 0 Å². The van der Waals surface area contributed by atoms with Crippen molar-refractivity contribution in [2.75, 3.05) is 14.2 Å². The third-order valence-corrected chi connectivity index (χ3v) is 4.72. The largest absolute Gasteiger partial charge is 0.497 e. The Morgan fingerprint density at radius 2 is 1.73 bits per heavy atom. The SMILES string of the molecule is COc1cccc(/C=C/C(=O)Oc2c(Cl)cc(/C=N/c3ccc(C(=O)O)cc3)cc2OC)c1. The van der Waals surface area contributed by atoms with E-state index in [0.717, 1.165) is 5.56 Å². The van der Waals surface area contributed by atoms with E-state index in [2.05, 4.69) is 4.99 Å². The van der Waals surface area contributed by atoms with Gasteiger partial charge in [-0.15, -0.1) is 0 Å². The van der Waals surface area contributed by atoms with Crippen molar-refractivity contribution in [3.05, 3.63) is 88.5 Å². The van der Waals surface area contributed by atoms with Crippen molar-refractivity contribution >= 4 is 41.5 Å². The predicted molar refractivity (Wildman–Crippen MR) is 126 cm³/mol. The number of hydrogen-bond donors (Lipinski definition) is 1. The number of nitrogens with zero attached hydrogens (tertiary/aromatic N) is 1. The third-order valence-electron chi connectivity index (χ3n) is 4.44. The van der Waals surface area contributed by atoms with E-state index in [1.54, 1.807) is 55.8 Å². The number of hydrogen-bond acceptors (Lipinski definition) is 6. The third kappa shape index (κ3) is 6.44. The molecule has 0 aromatic heterocycles. The van der Waals surface area contributed by atoms with E-state index < -0.39 is 11.9 Å². The maximum absolute atomic E-state index is 12.3. The van der Waals surface area contributed by atoms with Crippen LogP contribution in [0.15, 0.2) is 71.7 Å². The molecule has 3 aromatic rings. The van der Waals surface area contributed by atoms with E-state index in [1.807, 2.05) is 12.1 Å². The number of carbonyl (C=O) groups excluding carboxylic acids is 1. The number of carboxylic acids is 1. The maximum atomic E-state index is 12.3. The highest BCUT2D eigenvalue weighted by molar-refractivity contribution is 6.32. The Balaban J connectivity index is 1.74. The van der Waals surface area contributed by atoms with Gasteiger partial charge in [-0.2, -0.15) is 0 Å². The topological polar surface area (TPSA) is 94.4 Å². The summed E-state index contributed by atoms with van der Waals surface area (Å²) >= 11 is 6.33. The van der Waals surface area contributed by atoms with Gasteiger partial charge >= 0.3 is 11.9 Å². The molecule has 3 rings (SSSR count). The zero-order valence-electron chi connectivity index (χ0n) is 17.8. The van der Waals surface area contributed by atoms with Crippen LogP contribution in [-0.4, -0.2) is 37.5 Å². The monoisotopic (exact) mass is 465 g/mol. The summed E-state index contributed by atoms with van der Waals surface area (Å²) in [4.78, 5) is 27.5. The van der Waals surface area contributed by atoms with Crippen LogP contribution >= 0.6 is 11.6 Å². The van der Waals surface area contributed by atoms with Gasteiger partial charge in [-0.25, -0.2) is 9.59 Å². The molecular weight excluding hydrogens is 446 g/mol. The smallest absolute Gasteiger partial charge is 0.336 e. The summed E-state index contributed by atoms with van der Waals surface area (Å²) in [6.45, 7) is 0. The molecule has 0 spiro atoms. The van der Waals surface area contributed by atoms with E-state index >= 15 is 0 Å². The number of esters is 1. The van der Waals surface area contributed by atoms with Crippen LogP contribution in [0.1, 0.15) is 21.5 Å². The minimum absolute atomic E-state index is 0.0856. The van der Waals surface area contributed by atoms with E-state index in [1.165, 1.54) is 25.3 Å². The molecule has 168 valence electrons. The van der Waals surface area contributed by atoms with Gasteiger partial charge in [0.05, 0.1) is 30.5 Å². The molecule has 1 N–H and O–H groups in total. The van der Waals surface area contributed by atoms with Crippen LogP contribution in [0.5, 0.6) is 17.2 Å². The summed E-state index contributed by atoms with van der Waals surface area (Å²) in [5.74, 6) is -0.621. The molecule has 0 aliphatic heterocycles. The van der Waals surface area contributed by atoms with E-state index in [9.17, 15) is 9.59 Å². The number of carbonyl (C=O) groups is 2. The van der Waals surface area contributed by atoms with Gasteiger partial charge in [-0.05, 0) is 65.7 Å². The quantitative estimate of drug-likeness (QED) is 0.206. The Morgan fingerprint density at radius 1 is 0.970 bits per heavy atom. The van der Waals surface area contributed by atoms with E-state index in [4.69, 9.17) is 30.9 Å². The van der Waals surface area contributed by atoms with Crippen LogP contribution in [0, 0.1) is 0 Å². The molecule has 0 aliphatic carbocycles. The first kappa shape index (κ1) is 23.6. The molecule has 33 heavy (non-hydrogen) atoms. The molecule has 0 saturated heterocycles. The lowest BCUT2D eigenvalue weighted by molar-refractivity contribution is -0.129. The number of halogens is 1. The van der Waals surface area contributed by atoms with Crippen LogP contribution in [0.25, 0.3) is 6.08 Å². The summed E-state index contributed by atoms with van der Waals surface area (Å²) in [7, 11) is 3.00. The van der Waals surface area contributed by atoms with Crippen LogP contribution in [-0.2, 0) is 4.79 Å². The second kappa shape index (κ2) is 11.0. The number of carboxylic acid groups (broad SMARTS) is 1. The second-order valence-corrected chi connectivity index (χ2v) is 7.08. The number of ether oxygens (including phenoxy) is 3. The van der Waals surface area contributed by atoms with Gasteiger partial charge in [-0.3, -0.25) is 4.99 Å². The van der Waals surface area contributed by atoms with Crippen molar-refractivity contribution in [3.8, 4) is 17.2 Å². The Hall–Kier alpha value is -4.10. The summed E-state index contributed by atoms with van der Waals surface area (Å²) in [5, 5.41) is 9.13. The average molecular weight is 466 g/mol. The second-order valence-electron chi connectivity index (χ2n) is 6.68. The summed E-state index contributed by atoms with van der Waals surface area (Å²) in [6, 6.07) is 16.5.